The molecule has 0 atom stereocenters. The third-order valence-corrected chi connectivity index (χ3v) is 3.50. The monoisotopic (exact) mass is 323 g/mol. The lowest BCUT2D eigenvalue weighted by Gasteiger charge is -2.08. The van der Waals surface area contributed by atoms with Crippen molar-refractivity contribution >= 4 is 46.3 Å². The SMILES string of the molecule is O=C(Nc1c(Cl)cccc1Cl)c1snnc1C(F)F. The first kappa shape index (κ1) is 14.1. The van der Waals surface area contributed by atoms with Crippen LogP contribution in [0.5, 0.6) is 0 Å². The Morgan fingerprint density at radius 3 is 2.53 bits per heavy atom. The molecule has 0 saturated heterocycles. The predicted molar refractivity (Wildman–Crippen MR) is 69.3 cm³/mol. The summed E-state index contributed by atoms with van der Waals surface area (Å²) >= 11 is 12.3. The summed E-state index contributed by atoms with van der Waals surface area (Å²) in [4.78, 5) is 11.6. The average molecular weight is 324 g/mol. The van der Waals surface area contributed by atoms with Gasteiger partial charge in [0.25, 0.3) is 12.3 Å². The van der Waals surface area contributed by atoms with Crippen molar-refractivity contribution in [3.63, 3.8) is 0 Å². The molecule has 1 heterocycles. The van der Waals surface area contributed by atoms with Gasteiger partial charge in [0.15, 0.2) is 5.69 Å². The molecule has 0 aliphatic carbocycles. The van der Waals surface area contributed by atoms with Gasteiger partial charge >= 0.3 is 0 Å². The summed E-state index contributed by atoms with van der Waals surface area (Å²) in [6.45, 7) is 0. The largest absolute Gasteiger partial charge is 0.319 e. The summed E-state index contributed by atoms with van der Waals surface area (Å²) < 4.78 is 28.5. The molecule has 0 spiro atoms. The Balaban J connectivity index is 2.29. The molecule has 0 saturated carbocycles. The minimum atomic E-state index is -2.87. The van der Waals surface area contributed by atoms with E-state index in [0.717, 1.165) is 0 Å². The molecule has 1 aromatic heterocycles. The summed E-state index contributed by atoms with van der Waals surface area (Å²) in [7, 11) is 0. The fourth-order valence-electron chi connectivity index (χ4n) is 1.29. The number of aromatic nitrogens is 2. The number of nitrogens with one attached hydrogen (secondary N) is 1. The van der Waals surface area contributed by atoms with Gasteiger partial charge in [0.1, 0.15) is 4.88 Å². The standard InChI is InChI=1S/C10H5Cl2F2N3OS/c11-4-2-1-3-5(12)6(4)15-10(18)8-7(9(13)14)16-17-19-8/h1-3,9H,(H,15,18). The van der Waals surface area contributed by atoms with Crippen LogP contribution >= 0.6 is 34.7 Å². The van der Waals surface area contributed by atoms with E-state index in [1.54, 1.807) is 6.07 Å². The van der Waals surface area contributed by atoms with Crippen LogP contribution in [0.2, 0.25) is 10.0 Å². The van der Waals surface area contributed by atoms with Gasteiger partial charge in [0.2, 0.25) is 0 Å². The molecule has 0 radical (unpaired) electrons. The smallest absolute Gasteiger partial charge is 0.283 e. The Morgan fingerprint density at radius 2 is 1.95 bits per heavy atom. The van der Waals surface area contributed by atoms with E-state index in [0.29, 0.717) is 11.5 Å². The van der Waals surface area contributed by atoms with Gasteiger partial charge < -0.3 is 5.32 Å². The van der Waals surface area contributed by atoms with E-state index in [4.69, 9.17) is 23.2 Å². The van der Waals surface area contributed by atoms with Gasteiger partial charge in [-0.2, -0.15) is 0 Å². The molecule has 4 nitrogen and oxygen atoms in total. The molecule has 0 aliphatic heterocycles. The van der Waals surface area contributed by atoms with Crippen molar-refractivity contribution in [2.75, 3.05) is 5.32 Å². The average Bonchev–Trinajstić information content (AvgIpc) is 2.83. The van der Waals surface area contributed by atoms with Crippen LogP contribution in [-0.4, -0.2) is 15.5 Å². The molecule has 2 aromatic rings. The molecular weight excluding hydrogens is 319 g/mol. The summed E-state index contributed by atoms with van der Waals surface area (Å²) in [6, 6.07) is 4.63. The maximum atomic E-state index is 12.6. The van der Waals surface area contributed by atoms with Crippen molar-refractivity contribution in [3.8, 4) is 0 Å². The van der Waals surface area contributed by atoms with Crippen LogP contribution < -0.4 is 5.32 Å². The Hall–Kier alpha value is -1.31. The van der Waals surface area contributed by atoms with Gasteiger partial charge in [-0.1, -0.05) is 33.8 Å². The number of hydrogen-bond acceptors (Lipinski definition) is 4. The number of amides is 1. The molecule has 1 aromatic carbocycles. The molecule has 0 fully saturated rings. The van der Waals surface area contributed by atoms with Crippen LogP contribution in [0.1, 0.15) is 21.8 Å². The van der Waals surface area contributed by atoms with E-state index in [1.807, 2.05) is 0 Å². The Labute approximate surface area is 120 Å². The number of alkyl halides is 2. The summed E-state index contributed by atoms with van der Waals surface area (Å²) in [5, 5.41) is 6.00. The minimum Gasteiger partial charge on any atom is -0.319 e. The first-order chi connectivity index (χ1) is 9.00. The Kier molecular flexibility index (Phi) is 4.28. The fraction of sp³-hybridized carbons (Fsp3) is 0.100. The highest BCUT2D eigenvalue weighted by Gasteiger charge is 2.24. The van der Waals surface area contributed by atoms with Gasteiger partial charge in [-0.15, -0.1) is 5.10 Å². The molecule has 1 N–H and O–H groups in total. The third kappa shape index (κ3) is 2.99. The van der Waals surface area contributed by atoms with Crippen molar-refractivity contribution in [2.24, 2.45) is 0 Å². The van der Waals surface area contributed by atoms with Crippen LogP contribution in [0.15, 0.2) is 18.2 Å². The number of hydrogen-bond donors (Lipinski definition) is 1. The van der Waals surface area contributed by atoms with Crippen molar-refractivity contribution in [1.82, 2.24) is 9.59 Å². The Morgan fingerprint density at radius 1 is 1.32 bits per heavy atom. The number of benzene rings is 1. The zero-order valence-corrected chi connectivity index (χ0v) is 11.4. The van der Waals surface area contributed by atoms with Crippen LogP contribution in [-0.2, 0) is 0 Å². The highest BCUT2D eigenvalue weighted by atomic mass is 35.5. The van der Waals surface area contributed by atoms with Crippen molar-refractivity contribution in [3.05, 3.63) is 38.8 Å². The van der Waals surface area contributed by atoms with Crippen molar-refractivity contribution in [2.45, 2.75) is 6.43 Å². The first-order valence-electron chi connectivity index (χ1n) is 4.86. The second-order valence-corrected chi connectivity index (χ2v) is 4.91. The molecule has 100 valence electrons. The maximum absolute atomic E-state index is 12.6. The number of anilines is 1. The first-order valence-corrected chi connectivity index (χ1v) is 6.39. The van der Waals surface area contributed by atoms with Crippen molar-refractivity contribution in [1.29, 1.82) is 0 Å². The summed E-state index contributed by atoms with van der Waals surface area (Å²) in [5.74, 6) is -0.778. The highest BCUT2D eigenvalue weighted by molar-refractivity contribution is 7.08. The summed E-state index contributed by atoms with van der Waals surface area (Å²) in [5.41, 5.74) is -0.505. The second kappa shape index (κ2) is 5.77. The van der Waals surface area contributed by atoms with E-state index in [2.05, 4.69) is 14.9 Å². The molecule has 1 amide bonds. The van der Waals surface area contributed by atoms with Crippen LogP contribution in [0.4, 0.5) is 14.5 Å². The number of halogens is 4. The fourth-order valence-corrected chi connectivity index (χ4v) is 2.35. The van der Waals surface area contributed by atoms with Crippen LogP contribution in [0.3, 0.4) is 0 Å². The lowest BCUT2D eigenvalue weighted by atomic mass is 10.3. The quantitative estimate of drug-likeness (QED) is 0.927. The zero-order valence-electron chi connectivity index (χ0n) is 9.03. The van der Waals surface area contributed by atoms with Crippen molar-refractivity contribution < 1.29 is 13.6 Å². The molecular formula is C10H5Cl2F2N3OS. The second-order valence-electron chi connectivity index (χ2n) is 3.34. The number of nitrogens with zero attached hydrogens (tertiary/aromatic N) is 2. The number of para-hydroxylation sites is 1. The van der Waals surface area contributed by atoms with Crippen LogP contribution in [0.25, 0.3) is 0 Å². The highest BCUT2D eigenvalue weighted by Crippen LogP contribution is 2.31. The minimum absolute atomic E-state index is 0.157. The van der Waals surface area contributed by atoms with Gasteiger partial charge in [-0.25, -0.2) is 8.78 Å². The van der Waals surface area contributed by atoms with E-state index in [-0.39, 0.29) is 20.6 Å². The number of rotatable bonds is 3. The number of carbonyl (C=O) groups excluding carboxylic acids is 1. The molecule has 2 rings (SSSR count). The topological polar surface area (TPSA) is 54.9 Å². The lowest BCUT2D eigenvalue weighted by molar-refractivity contribution is 0.101. The molecule has 0 aliphatic rings. The van der Waals surface area contributed by atoms with Gasteiger partial charge in [0.05, 0.1) is 15.7 Å². The third-order valence-electron chi connectivity index (χ3n) is 2.13. The normalized spacial score (nSPS) is 10.8. The van der Waals surface area contributed by atoms with Crippen LogP contribution in [0, 0.1) is 0 Å². The molecule has 0 unspecified atom stereocenters. The van der Waals surface area contributed by atoms with Gasteiger partial charge in [-0.3, -0.25) is 4.79 Å². The van der Waals surface area contributed by atoms with E-state index in [9.17, 15) is 13.6 Å². The molecule has 19 heavy (non-hydrogen) atoms. The maximum Gasteiger partial charge on any atom is 0.283 e. The zero-order chi connectivity index (χ0) is 14.0. The van der Waals surface area contributed by atoms with Gasteiger partial charge in [-0.05, 0) is 23.7 Å². The van der Waals surface area contributed by atoms with Gasteiger partial charge in [0, 0.05) is 0 Å². The number of carbonyl (C=O) groups is 1. The summed E-state index contributed by atoms with van der Waals surface area (Å²) in [6.07, 6.45) is -2.87. The predicted octanol–water partition coefficient (Wildman–Crippen LogP) is 4.03. The molecule has 9 heteroatoms. The van der Waals surface area contributed by atoms with E-state index in [1.165, 1.54) is 12.1 Å². The lowest BCUT2D eigenvalue weighted by Crippen LogP contribution is -2.13. The van der Waals surface area contributed by atoms with E-state index < -0.39 is 18.0 Å². The van der Waals surface area contributed by atoms with E-state index >= 15 is 0 Å². The molecule has 0 bridgehead atoms. The Bertz CT molecular complexity index is 600.